The maximum absolute atomic E-state index is 13.6. The number of anilines is 1. The Kier molecular flexibility index (Phi) is 3.69. The molecule has 2 N–H and O–H groups in total. The Morgan fingerprint density at radius 2 is 1.88 bits per heavy atom. The molecule has 0 saturated heterocycles. The highest BCUT2D eigenvalue weighted by molar-refractivity contribution is 7.92. The van der Waals surface area contributed by atoms with E-state index in [0.29, 0.717) is 11.3 Å². The molecule has 0 atom stereocenters. The molecule has 2 heterocycles. The average Bonchev–Trinajstić information content (AvgIpc) is 3.04. The molecule has 4 rings (SSSR count). The Morgan fingerprint density at radius 3 is 2.69 bits per heavy atom. The Hall–Kier alpha value is -3.27. The van der Waals surface area contributed by atoms with E-state index < -0.39 is 21.7 Å². The van der Waals surface area contributed by atoms with Crippen LogP contribution in [0.4, 0.5) is 10.3 Å². The first-order valence-corrected chi connectivity index (χ1v) is 9.05. The van der Waals surface area contributed by atoms with Gasteiger partial charge in [0.2, 0.25) is 11.8 Å². The summed E-state index contributed by atoms with van der Waals surface area (Å²) < 4.78 is 41.6. The third-order valence-corrected chi connectivity index (χ3v) is 5.19. The van der Waals surface area contributed by atoms with E-state index in [-0.39, 0.29) is 23.2 Å². The number of nitrogens with zero attached hydrogens (tertiary/aromatic N) is 3. The monoisotopic (exact) mass is 373 g/mol. The van der Waals surface area contributed by atoms with Crippen molar-refractivity contribution in [1.82, 2.24) is 20.1 Å². The highest BCUT2D eigenvalue weighted by Crippen LogP contribution is 2.28. The van der Waals surface area contributed by atoms with E-state index in [2.05, 4.69) is 20.1 Å². The molecule has 26 heavy (non-hydrogen) atoms. The third kappa shape index (κ3) is 2.69. The molecule has 3 aromatic rings. The van der Waals surface area contributed by atoms with Gasteiger partial charge in [0.1, 0.15) is 10.7 Å². The van der Waals surface area contributed by atoms with Crippen LogP contribution in [-0.2, 0) is 16.6 Å². The minimum Gasteiger partial charge on any atom is -0.345 e. The van der Waals surface area contributed by atoms with Gasteiger partial charge in [0.25, 0.3) is 15.9 Å². The topological polar surface area (TPSA) is 106 Å². The summed E-state index contributed by atoms with van der Waals surface area (Å²) in [5.41, 5.74) is 0.609. The number of aromatic nitrogens is 3. The number of sulfonamides is 1. The summed E-state index contributed by atoms with van der Waals surface area (Å²) in [5.74, 6) is -1.39. The maximum Gasteiger partial charge on any atom is 0.291 e. The van der Waals surface area contributed by atoms with Gasteiger partial charge in [-0.2, -0.15) is 9.67 Å². The Morgan fingerprint density at radius 1 is 1.15 bits per heavy atom. The minimum absolute atomic E-state index is 0.0377. The summed E-state index contributed by atoms with van der Waals surface area (Å²) in [4.78, 5) is 16.2. The van der Waals surface area contributed by atoms with Gasteiger partial charge >= 0.3 is 0 Å². The number of nitrogens with one attached hydrogen (secondary N) is 2. The van der Waals surface area contributed by atoms with Crippen molar-refractivity contribution >= 4 is 21.9 Å². The van der Waals surface area contributed by atoms with Gasteiger partial charge in [-0.25, -0.2) is 17.5 Å². The molecule has 1 amide bonds. The molecule has 1 aromatic heterocycles. The van der Waals surface area contributed by atoms with E-state index in [1.807, 2.05) is 0 Å². The number of hydrogen-bond donors (Lipinski definition) is 2. The quantitative estimate of drug-likeness (QED) is 0.723. The fraction of sp³-hybridized carbons (Fsp3) is 0.0625. The predicted molar refractivity (Wildman–Crippen MR) is 89.7 cm³/mol. The van der Waals surface area contributed by atoms with Crippen LogP contribution in [0.1, 0.15) is 16.2 Å². The second kappa shape index (κ2) is 5.92. The molecule has 0 aliphatic carbocycles. The lowest BCUT2D eigenvalue weighted by molar-refractivity contribution is 0.0940. The Balaban J connectivity index is 1.62. The van der Waals surface area contributed by atoms with Gasteiger partial charge in [0.05, 0.1) is 5.69 Å². The van der Waals surface area contributed by atoms with Gasteiger partial charge < -0.3 is 5.32 Å². The number of fused-ring (bicyclic) bond motifs is 3. The molecule has 2 aromatic carbocycles. The van der Waals surface area contributed by atoms with Crippen molar-refractivity contribution in [2.75, 3.05) is 4.72 Å². The predicted octanol–water partition coefficient (Wildman–Crippen LogP) is 1.45. The van der Waals surface area contributed by atoms with Gasteiger partial charge in [0, 0.05) is 12.1 Å². The number of rotatable bonds is 3. The van der Waals surface area contributed by atoms with E-state index in [9.17, 15) is 17.6 Å². The summed E-state index contributed by atoms with van der Waals surface area (Å²) in [6.45, 7) is -0.0440. The number of halogens is 1. The molecule has 1 aliphatic rings. The third-order valence-electron chi connectivity index (χ3n) is 3.82. The van der Waals surface area contributed by atoms with Crippen LogP contribution in [0, 0.1) is 5.82 Å². The van der Waals surface area contributed by atoms with E-state index >= 15 is 0 Å². The van der Waals surface area contributed by atoms with Gasteiger partial charge in [-0.3, -0.25) is 4.79 Å². The molecule has 1 aliphatic heterocycles. The highest BCUT2D eigenvalue weighted by Gasteiger charge is 2.30. The van der Waals surface area contributed by atoms with Gasteiger partial charge in [-0.1, -0.05) is 30.3 Å². The van der Waals surface area contributed by atoms with Crippen LogP contribution in [0.5, 0.6) is 0 Å². The fourth-order valence-corrected chi connectivity index (χ4v) is 3.74. The molecule has 132 valence electrons. The molecule has 0 unspecified atom stereocenters. The standard InChI is InChI=1S/C16H12FN5O3S/c17-11-6-2-1-5-10(11)9-18-15(23)14-19-16-21-26(24,25)13-8-4-3-7-12(13)22(16)20-14/h1-8H,9H2,(H,18,23)(H,19,20,21). The highest BCUT2D eigenvalue weighted by atomic mass is 32.2. The number of hydrogen-bond acceptors (Lipinski definition) is 5. The second-order valence-electron chi connectivity index (χ2n) is 5.52. The first kappa shape index (κ1) is 16.2. The Bertz CT molecular complexity index is 1130. The number of carbonyl (C=O) groups is 1. The number of para-hydroxylation sites is 1. The lowest BCUT2D eigenvalue weighted by Crippen LogP contribution is -2.24. The van der Waals surface area contributed by atoms with Crippen molar-refractivity contribution in [3.05, 3.63) is 65.7 Å². The number of benzene rings is 2. The fourth-order valence-electron chi connectivity index (χ4n) is 2.57. The lowest BCUT2D eigenvalue weighted by Gasteiger charge is -2.17. The molecule has 10 heteroatoms. The largest absolute Gasteiger partial charge is 0.345 e. The van der Waals surface area contributed by atoms with Crippen LogP contribution in [0.15, 0.2) is 53.4 Å². The van der Waals surface area contributed by atoms with E-state index in [0.717, 1.165) is 0 Å². The molecule has 0 spiro atoms. The smallest absolute Gasteiger partial charge is 0.291 e. The van der Waals surface area contributed by atoms with Crippen LogP contribution in [-0.4, -0.2) is 29.1 Å². The minimum atomic E-state index is -3.78. The first-order valence-electron chi connectivity index (χ1n) is 7.56. The molecular weight excluding hydrogens is 361 g/mol. The van der Waals surface area contributed by atoms with Crippen molar-refractivity contribution in [1.29, 1.82) is 0 Å². The van der Waals surface area contributed by atoms with E-state index in [1.54, 1.807) is 36.4 Å². The summed E-state index contributed by atoms with van der Waals surface area (Å²) in [5, 5.41) is 6.58. The average molecular weight is 373 g/mol. The van der Waals surface area contributed by atoms with Crippen molar-refractivity contribution in [3.63, 3.8) is 0 Å². The zero-order valence-corrected chi connectivity index (χ0v) is 14.0. The molecule has 0 radical (unpaired) electrons. The number of amides is 1. The van der Waals surface area contributed by atoms with Gasteiger partial charge in [-0.15, -0.1) is 5.10 Å². The van der Waals surface area contributed by atoms with Crippen LogP contribution in [0.3, 0.4) is 0 Å². The van der Waals surface area contributed by atoms with E-state index in [4.69, 9.17) is 0 Å². The summed E-state index contributed by atoms with van der Waals surface area (Å²) in [6, 6.07) is 12.3. The molecule has 8 nitrogen and oxygen atoms in total. The van der Waals surface area contributed by atoms with Gasteiger partial charge in [-0.05, 0) is 18.2 Å². The van der Waals surface area contributed by atoms with Crippen LogP contribution < -0.4 is 10.0 Å². The maximum atomic E-state index is 13.6. The van der Waals surface area contributed by atoms with Crippen molar-refractivity contribution in [2.45, 2.75) is 11.4 Å². The SMILES string of the molecule is O=C(NCc1ccccc1F)c1nc2n(n1)-c1ccccc1S(=O)(=O)N2. The van der Waals surface area contributed by atoms with Crippen LogP contribution >= 0.6 is 0 Å². The molecular formula is C16H12FN5O3S. The zero-order valence-electron chi connectivity index (χ0n) is 13.2. The normalized spacial score (nSPS) is 14.0. The Labute approximate surface area is 147 Å². The second-order valence-corrected chi connectivity index (χ2v) is 7.17. The van der Waals surface area contributed by atoms with Crippen LogP contribution in [0.25, 0.3) is 5.69 Å². The van der Waals surface area contributed by atoms with Crippen molar-refractivity contribution in [3.8, 4) is 5.69 Å². The summed E-state index contributed by atoms with van der Waals surface area (Å²) in [7, 11) is -3.78. The van der Waals surface area contributed by atoms with E-state index in [1.165, 1.54) is 16.8 Å². The lowest BCUT2D eigenvalue weighted by atomic mass is 10.2. The summed E-state index contributed by atoms with van der Waals surface area (Å²) >= 11 is 0. The van der Waals surface area contributed by atoms with Crippen molar-refractivity contribution in [2.24, 2.45) is 0 Å². The van der Waals surface area contributed by atoms with Gasteiger partial charge in [0.15, 0.2) is 0 Å². The van der Waals surface area contributed by atoms with Crippen LogP contribution in [0.2, 0.25) is 0 Å². The molecule has 0 fully saturated rings. The zero-order chi connectivity index (χ0) is 18.3. The molecule has 0 saturated carbocycles. The summed E-state index contributed by atoms with van der Waals surface area (Å²) in [6.07, 6.45) is 0. The molecule has 0 bridgehead atoms. The first-order chi connectivity index (χ1) is 12.5. The number of carbonyl (C=O) groups excluding carboxylic acids is 1. The van der Waals surface area contributed by atoms with Crippen molar-refractivity contribution < 1.29 is 17.6 Å².